The maximum Gasteiger partial charge on any atom is 0.253 e. The van der Waals surface area contributed by atoms with Crippen LogP contribution in [-0.4, -0.2) is 35.1 Å². The number of likely N-dealkylation sites (tertiary alicyclic amines) is 1. The lowest BCUT2D eigenvalue weighted by Crippen LogP contribution is -2.44. The first kappa shape index (κ1) is 12.6. The Kier molecular flexibility index (Phi) is 3.84. The van der Waals surface area contributed by atoms with Crippen molar-refractivity contribution >= 4 is 21.8 Å². The molecule has 3 nitrogen and oxygen atoms in total. The molecule has 1 N–H and O–H groups in total. The van der Waals surface area contributed by atoms with E-state index in [1.54, 1.807) is 0 Å². The van der Waals surface area contributed by atoms with E-state index in [0.717, 1.165) is 4.47 Å². The molecule has 0 saturated carbocycles. The van der Waals surface area contributed by atoms with E-state index >= 15 is 0 Å². The minimum Gasteiger partial charge on any atom is -0.393 e. The van der Waals surface area contributed by atoms with E-state index in [1.807, 2.05) is 36.1 Å². The molecule has 0 spiro atoms. The number of rotatable bonds is 1. The molecule has 1 aromatic carbocycles. The van der Waals surface area contributed by atoms with Gasteiger partial charge in [0.2, 0.25) is 0 Å². The summed E-state index contributed by atoms with van der Waals surface area (Å²) in [5.41, 5.74) is 0.705. The summed E-state index contributed by atoms with van der Waals surface area (Å²) in [6, 6.07) is 7.38. The van der Waals surface area contributed by atoms with Gasteiger partial charge in [-0.15, -0.1) is 0 Å². The number of carbonyl (C=O) groups excluding carboxylic acids is 1. The smallest absolute Gasteiger partial charge is 0.253 e. The van der Waals surface area contributed by atoms with Gasteiger partial charge in [0.15, 0.2) is 0 Å². The fourth-order valence-electron chi connectivity index (χ4n) is 2.09. The van der Waals surface area contributed by atoms with Crippen LogP contribution in [0.3, 0.4) is 0 Å². The molecule has 0 radical (unpaired) electrons. The third-order valence-corrected chi connectivity index (χ3v) is 3.77. The Morgan fingerprint density at radius 2 is 2.06 bits per heavy atom. The van der Waals surface area contributed by atoms with Crippen molar-refractivity contribution < 1.29 is 9.90 Å². The van der Waals surface area contributed by atoms with Crippen molar-refractivity contribution in [3.05, 3.63) is 34.3 Å². The van der Waals surface area contributed by atoms with Crippen molar-refractivity contribution in [3.8, 4) is 0 Å². The molecule has 1 amide bonds. The van der Waals surface area contributed by atoms with Crippen LogP contribution in [0.5, 0.6) is 0 Å². The molecule has 92 valence electrons. The molecule has 2 rings (SSSR count). The molecule has 1 aromatic rings. The fourth-order valence-corrected chi connectivity index (χ4v) is 2.36. The maximum atomic E-state index is 12.2. The molecule has 1 aliphatic heterocycles. The number of piperidine rings is 1. The molecule has 1 heterocycles. The van der Waals surface area contributed by atoms with E-state index < -0.39 is 0 Å². The van der Waals surface area contributed by atoms with E-state index in [9.17, 15) is 9.90 Å². The number of carbonyl (C=O) groups is 1. The van der Waals surface area contributed by atoms with Crippen molar-refractivity contribution in [2.45, 2.75) is 19.4 Å². The zero-order chi connectivity index (χ0) is 12.4. The van der Waals surface area contributed by atoms with E-state index in [4.69, 9.17) is 0 Å². The van der Waals surface area contributed by atoms with Gasteiger partial charge in [-0.05, 0) is 36.6 Å². The summed E-state index contributed by atoms with van der Waals surface area (Å²) >= 11 is 3.35. The fraction of sp³-hybridized carbons (Fsp3) is 0.462. The summed E-state index contributed by atoms with van der Waals surface area (Å²) in [7, 11) is 0. The summed E-state index contributed by atoms with van der Waals surface area (Å²) < 4.78 is 0.969. The number of aliphatic hydroxyl groups is 1. The third-order valence-electron chi connectivity index (χ3n) is 3.24. The Bertz CT molecular complexity index is 404. The Morgan fingerprint density at radius 1 is 1.41 bits per heavy atom. The highest BCUT2D eigenvalue weighted by Crippen LogP contribution is 2.19. The first-order chi connectivity index (χ1) is 8.08. The Hall–Kier alpha value is -0.870. The maximum absolute atomic E-state index is 12.2. The van der Waals surface area contributed by atoms with E-state index in [0.29, 0.717) is 25.1 Å². The van der Waals surface area contributed by atoms with Gasteiger partial charge in [-0.2, -0.15) is 0 Å². The molecule has 2 atom stereocenters. The van der Waals surface area contributed by atoms with Gasteiger partial charge in [0.1, 0.15) is 0 Å². The Morgan fingerprint density at radius 3 is 2.65 bits per heavy atom. The highest BCUT2D eigenvalue weighted by molar-refractivity contribution is 9.10. The molecule has 4 heteroatoms. The van der Waals surface area contributed by atoms with Crippen LogP contribution in [0.2, 0.25) is 0 Å². The normalized spacial score (nSPS) is 24.8. The molecule has 2 unspecified atom stereocenters. The highest BCUT2D eigenvalue weighted by atomic mass is 79.9. The average molecular weight is 298 g/mol. The second-order valence-electron chi connectivity index (χ2n) is 4.59. The second kappa shape index (κ2) is 5.19. The SMILES string of the molecule is CC1CN(C(=O)c2ccc(Br)cc2)CCC1O. The van der Waals surface area contributed by atoms with Crippen molar-refractivity contribution in [2.75, 3.05) is 13.1 Å². The standard InChI is InChI=1S/C13H16BrNO2/c1-9-8-15(7-6-12(9)16)13(17)10-2-4-11(14)5-3-10/h2-5,9,12,16H,6-8H2,1H3. The molecule has 0 aliphatic carbocycles. The van der Waals surface area contributed by atoms with Gasteiger partial charge in [-0.25, -0.2) is 0 Å². The largest absolute Gasteiger partial charge is 0.393 e. The molecular formula is C13H16BrNO2. The second-order valence-corrected chi connectivity index (χ2v) is 5.51. The van der Waals surface area contributed by atoms with E-state index in [2.05, 4.69) is 15.9 Å². The number of amides is 1. The Labute approximate surface area is 110 Å². The van der Waals surface area contributed by atoms with Gasteiger partial charge in [0, 0.05) is 23.1 Å². The van der Waals surface area contributed by atoms with Crippen molar-refractivity contribution in [1.82, 2.24) is 4.90 Å². The van der Waals surface area contributed by atoms with Crippen LogP contribution < -0.4 is 0 Å². The van der Waals surface area contributed by atoms with Crippen molar-refractivity contribution in [3.63, 3.8) is 0 Å². The molecule has 0 aromatic heterocycles. The number of halogens is 1. The molecule has 1 saturated heterocycles. The number of hydrogen-bond acceptors (Lipinski definition) is 2. The van der Waals surface area contributed by atoms with Crippen LogP contribution in [0.15, 0.2) is 28.7 Å². The number of benzene rings is 1. The zero-order valence-electron chi connectivity index (χ0n) is 9.77. The monoisotopic (exact) mass is 297 g/mol. The van der Waals surface area contributed by atoms with Gasteiger partial charge in [0.25, 0.3) is 5.91 Å². The molecule has 1 fully saturated rings. The van der Waals surface area contributed by atoms with Gasteiger partial charge in [0.05, 0.1) is 6.10 Å². The number of nitrogens with zero attached hydrogens (tertiary/aromatic N) is 1. The molecule has 0 bridgehead atoms. The number of hydrogen-bond donors (Lipinski definition) is 1. The third kappa shape index (κ3) is 2.87. The average Bonchev–Trinajstić information content (AvgIpc) is 2.33. The van der Waals surface area contributed by atoms with Crippen LogP contribution in [0.4, 0.5) is 0 Å². The lowest BCUT2D eigenvalue weighted by atomic mass is 9.96. The van der Waals surface area contributed by atoms with E-state index in [1.165, 1.54) is 0 Å². The predicted molar refractivity (Wildman–Crippen MR) is 69.8 cm³/mol. The summed E-state index contributed by atoms with van der Waals surface area (Å²) in [6.45, 7) is 3.25. The highest BCUT2D eigenvalue weighted by Gasteiger charge is 2.27. The first-order valence-electron chi connectivity index (χ1n) is 5.81. The summed E-state index contributed by atoms with van der Waals surface area (Å²) in [5.74, 6) is 0.208. The Balaban J connectivity index is 2.08. The van der Waals surface area contributed by atoms with Crippen LogP contribution in [0, 0.1) is 5.92 Å². The minimum absolute atomic E-state index is 0.0521. The van der Waals surface area contributed by atoms with Crippen LogP contribution >= 0.6 is 15.9 Å². The van der Waals surface area contributed by atoms with Gasteiger partial charge in [-0.3, -0.25) is 4.79 Å². The topological polar surface area (TPSA) is 40.5 Å². The minimum atomic E-state index is -0.274. The van der Waals surface area contributed by atoms with Gasteiger partial charge >= 0.3 is 0 Å². The van der Waals surface area contributed by atoms with E-state index in [-0.39, 0.29) is 17.9 Å². The summed E-state index contributed by atoms with van der Waals surface area (Å²) in [5, 5.41) is 9.64. The van der Waals surface area contributed by atoms with Crippen LogP contribution in [-0.2, 0) is 0 Å². The quantitative estimate of drug-likeness (QED) is 0.864. The first-order valence-corrected chi connectivity index (χ1v) is 6.60. The molecular weight excluding hydrogens is 282 g/mol. The van der Waals surface area contributed by atoms with Crippen LogP contribution in [0.1, 0.15) is 23.7 Å². The summed E-state index contributed by atoms with van der Waals surface area (Å²) in [4.78, 5) is 14.0. The van der Waals surface area contributed by atoms with Gasteiger partial charge < -0.3 is 10.0 Å². The van der Waals surface area contributed by atoms with Crippen molar-refractivity contribution in [1.29, 1.82) is 0 Å². The summed E-state index contributed by atoms with van der Waals surface area (Å²) in [6.07, 6.45) is 0.396. The van der Waals surface area contributed by atoms with Crippen molar-refractivity contribution in [2.24, 2.45) is 5.92 Å². The lowest BCUT2D eigenvalue weighted by Gasteiger charge is -2.34. The molecule has 1 aliphatic rings. The lowest BCUT2D eigenvalue weighted by molar-refractivity contribution is 0.0297. The van der Waals surface area contributed by atoms with Gasteiger partial charge in [-0.1, -0.05) is 22.9 Å². The zero-order valence-corrected chi connectivity index (χ0v) is 11.4. The molecule has 17 heavy (non-hydrogen) atoms. The number of aliphatic hydroxyl groups excluding tert-OH is 1. The van der Waals surface area contributed by atoms with Crippen LogP contribution in [0.25, 0.3) is 0 Å². The predicted octanol–water partition coefficient (Wildman–Crippen LogP) is 2.29.